The minimum Gasteiger partial charge on any atom is -0.467 e. The number of aryl methyl sites for hydroxylation is 1. The number of benzene rings is 2. The number of hydrogen-bond donors (Lipinski definition) is 0. The van der Waals surface area contributed by atoms with E-state index in [-0.39, 0.29) is 5.97 Å². The molecule has 2 aromatic carbocycles. The summed E-state index contributed by atoms with van der Waals surface area (Å²) < 4.78 is 13.4. The molecule has 27 heavy (non-hydrogen) atoms. The first-order chi connectivity index (χ1) is 12.5. The zero-order valence-corrected chi connectivity index (χ0v) is 20.6. The molecule has 3 nitrogen and oxygen atoms in total. The third-order valence-corrected chi connectivity index (χ3v) is 7.47. The van der Waals surface area contributed by atoms with Crippen LogP contribution in [0.2, 0.25) is 0 Å². The molecule has 2 aromatic rings. The van der Waals surface area contributed by atoms with Crippen LogP contribution in [0.15, 0.2) is 28.7 Å². The van der Waals surface area contributed by atoms with Gasteiger partial charge in [-0.05, 0) is 102 Å². The van der Waals surface area contributed by atoms with Crippen molar-refractivity contribution in [1.29, 1.82) is 0 Å². The maximum atomic E-state index is 12.7. The van der Waals surface area contributed by atoms with Gasteiger partial charge in [0.05, 0.1) is 12.7 Å². The number of carbonyl (C=O) groups is 1. The largest absolute Gasteiger partial charge is 0.467 e. The Kier molecular flexibility index (Phi) is 7.14. The highest BCUT2D eigenvalue weighted by Gasteiger charge is 2.33. The molecular formula is C22H26BrIO3. The molecule has 0 fully saturated rings. The van der Waals surface area contributed by atoms with Gasteiger partial charge in [0.1, 0.15) is 0 Å². The van der Waals surface area contributed by atoms with Crippen LogP contribution in [0.1, 0.15) is 49.1 Å². The third kappa shape index (κ3) is 4.93. The maximum absolute atomic E-state index is 12.7. The van der Waals surface area contributed by atoms with Crippen molar-refractivity contribution in [3.63, 3.8) is 0 Å². The van der Waals surface area contributed by atoms with Crippen molar-refractivity contribution in [2.45, 2.75) is 53.2 Å². The van der Waals surface area contributed by atoms with Crippen molar-refractivity contribution in [3.8, 4) is 11.1 Å². The normalized spacial score (nSPS) is 12.8. The van der Waals surface area contributed by atoms with Crippen LogP contribution in [-0.2, 0) is 14.3 Å². The Labute approximate surface area is 184 Å². The molecule has 0 bridgehead atoms. The minimum atomic E-state index is -0.799. The second kappa shape index (κ2) is 8.62. The second-order valence-corrected chi connectivity index (χ2v) is 9.54. The monoisotopic (exact) mass is 544 g/mol. The van der Waals surface area contributed by atoms with Crippen molar-refractivity contribution in [2.75, 3.05) is 7.11 Å². The van der Waals surface area contributed by atoms with Crippen LogP contribution in [-0.4, -0.2) is 18.7 Å². The molecule has 0 aliphatic carbocycles. The quantitative estimate of drug-likeness (QED) is 0.318. The van der Waals surface area contributed by atoms with Gasteiger partial charge in [0.25, 0.3) is 0 Å². The fraction of sp³-hybridized carbons (Fsp3) is 0.409. The molecule has 0 aliphatic rings. The number of rotatable bonds is 4. The molecule has 0 saturated carbocycles. The molecule has 1 atom stereocenters. The Morgan fingerprint density at radius 1 is 1.07 bits per heavy atom. The van der Waals surface area contributed by atoms with E-state index in [1.807, 2.05) is 27.7 Å². The number of carbonyl (C=O) groups excluding carboxylic acids is 1. The molecule has 2 rings (SSSR count). The topological polar surface area (TPSA) is 35.5 Å². The molecule has 1 unspecified atom stereocenters. The molecule has 146 valence electrons. The van der Waals surface area contributed by atoms with E-state index >= 15 is 0 Å². The number of halogens is 2. The SMILES string of the molecule is COC(=O)C(OC(C)(C)C)c1c(C)c(I)c(Br)c(C)c1-c1ccc(C)cc1. The van der Waals surface area contributed by atoms with Gasteiger partial charge in [-0.15, -0.1) is 0 Å². The van der Waals surface area contributed by atoms with Gasteiger partial charge < -0.3 is 9.47 Å². The summed E-state index contributed by atoms with van der Waals surface area (Å²) in [5.41, 5.74) is 5.72. The molecule has 0 heterocycles. The van der Waals surface area contributed by atoms with Crippen molar-refractivity contribution in [2.24, 2.45) is 0 Å². The van der Waals surface area contributed by atoms with Crippen LogP contribution in [0.3, 0.4) is 0 Å². The Morgan fingerprint density at radius 3 is 2.11 bits per heavy atom. The van der Waals surface area contributed by atoms with Gasteiger partial charge in [0, 0.05) is 13.6 Å². The van der Waals surface area contributed by atoms with E-state index in [1.165, 1.54) is 12.7 Å². The molecular weight excluding hydrogens is 519 g/mol. The highest BCUT2D eigenvalue weighted by Crippen LogP contribution is 2.43. The predicted molar refractivity (Wildman–Crippen MR) is 122 cm³/mol. The summed E-state index contributed by atoms with van der Waals surface area (Å²) in [6.07, 6.45) is -0.799. The van der Waals surface area contributed by atoms with E-state index < -0.39 is 11.7 Å². The Balaban J connectivity index is 2.86. The first-order valence-electron chi connectivity index (χ1n) is 8.78. The lowest BCUT2D eigenvalue weighted by Gasteiger charge is -2.30. The fourth-order valence-electron chi connectivity index (χ4n) is 3.05. The van der Waals surface area contributed by atoms with Crippen molar-refractivity contribution in [1.82, 2.24) is 0 Å². The Morgan fingerprint density at radius 2 is 1.63 bits per heavy atom. The van der Waals surface area contributed by atoms with Gasteiger partial charge in [-0.2, -0.15) is 0 Å². The van der Waals surface area contributed by atoms with Crippen LogP contribution >= 0.6 is 38.5 Å². The highest BCUT2D eigenvalue weighted by atomic mass is 127. The molecule has 0 spiro atoms. The first kappa shape index (κ1) is 22.4. The summed E-state index contributed by atoms with van der Waals surface area (Å²) in [5, 5.41) is 0. The summed E-state index contributed by atoms with van der Waals surface area (Å²) in [7, 11) is 1.40. The van der Waals surface area contributed by atoms with Gasteiger partial charge in [0.15, 0.2) is 6.10 Å². The number of hydrogen-bond acceptors (Lipinski definition) is 3. The molecule has 0 radical (unpaired) electrons. The zero-order valence-electron chi connectivity index (χ0n) is 16.9. The van der Waals surface area contributed by atoms with E-state index in [2.05, 4.69) is 76.6 Å². The van der Waals surface area contributed by atoms with Gasteiger partial charge in [0.2, 0.25) is 0 Å². The smallest absolute Gasteiger partial charge is 0.339 e. The van der Waals surface area contributed by atoms with Crippen LogP contribution < -0.4 is 0 Å². The summed E-state index contributed by atoms with van der Waals surface area (Å²) in [6.45, 7) is 12.0. The average Bonchev–Trinajstić information content (AvgIpc) is 2.60. The van der Waals surface area contributed by atoms with Crippen LogP contribution in [0, 0.1) is 24.3 Å². The number of methoxy groups -OCH3 is 1. The summed E-state index contributed by atoms with van der Waals surface area (Å²) in [5.74, 6) is -0.390. The summed E-state index contributed by atoms with van der Waals surface area (Å²) >= 11 is 6.04. The molecule has 0 aromatic heterocycles. The maximum Gasteiger partial charge on any atom is 0.339 e. The van der Waals surface area contributed by atoms with Gasteiger partial charge in [-0.1, -0.05) is 29.8 Å². The fourth-order valence-corrected chi connectivity index (χ4v) is 4.24. The molecule has 0 N–H and O–H groups in total. The van der Waals surface area contributed by atoms with Crippen LogP contribution in [0.4, 0.5) is 0 Å². The van der Waals surface area contributed by atoms with Crippen molar-refractivity contribution in [3.05, 3.63) is 54.6 Å². The molecule has 0 saturated heterocycles. The zero-order chi connectivity index (χ0) is 20.5. The lowest BCUT2D eigenvalue weighted by atomic mass is 9.88. The number of esters is 1. The van der Waals surface area contributed by atoms with E-state index in [0.29, 0.717) is 0 Å². The van der Waals surface area contributed by atoms with Gasteiger partial charge >= 0.3 is 5.97 Å². The summed E-state index contributed by atoms with van der Waals surface area (Å²) in [6, 6.07) is 8.34. The average molecular weight is 545 g/mol. The molecule has 0 amide bonds. The van der Waals surface area contributed by atoms with Crippen molar-refractivity contribution < 1.29 is 14.3 Å². The number of ether oxygens (including phenoxy) is 2. The highest BCUT2D eigenvalue weighted by molar-refractivity contribution is 14.1. The van der Waals surface area contributed by atoms with E-state index in [0.717, 1.165) is 35.9 Å². The third-order valence-electron chi connectivity index (χ3n) is 4.39. The lowest BCUT2D eigenvalue weighted by Crippen LogP contribution is -2.29. The standard InChI is InChI=1S/C22H26BrIO3/c1-12-8-10-15(11-9-12)16-13(2)18(23)19(24)14(3)17(16)20(21(25)26-7)27-22(4,5)6/h8-11,20H,1-7H3. The molecule has 5 heteroatoms. The molecule has 0 aliphatic heterocycles. The van der Waals surface area contributed by atoms with E-state index in [4.69, 9.17) is 9.47 Å². The van der Waals surface area contributed by atoms with E-state index in [1.54, 1.807) is 0 Å². The van der Waals surface area contributed by atoms with Crippen LogP contribution in [0.25, 0.3) is 11.1 Å². The van der Waals surface area contributed by atoms with Crippen LogP contribution in [0.5, 0.6) is 0 Å². The van der Waals surface area contributed by atoms with E-state index in [9.17, 15) is 4.79 Å². The predicted octanol–water partition coefficient (Wildman–Crippen LogP) is 6.68. The lowest BCUT2D eigenvalue weighted by molar-refractivity contribution is -0.164. The Bertz CT molecular complexity index is 852. The second-order valence-electron chi connectivity index (χ2n) is 7.67. The summed E-state index contributed by atoms with van der Waals surface area (Å²) in [4.78, 5) is 12.7. The minimum absolute atomic E-state index is 0.390. The first-order valence-corrected chi connectivity index (χ1v) is 10.7. The van der Waals surface area contributed by atoms with Gasteiger partial charge in [-0.3, -0.25) is 0 Å². The Hall–Kier alpha value is -0.920. The van der Waals surface area contributed by atoms with Crippen molar-refractivity contribution >= 4 is 44.5 Å². The van der Waals surface area contributed by atoms with Gasteiger partial charge in [-0.25, -0.2) is 4.79 Å².